The molecule has 0 aliphatic rings. The number of hydrogen-bond donors (Lipinski definition) is 2. The minimum atomic E-state index is -0.203. The largest absolute Gasteiger partial charge is 0.396 e. The lowest BCUT2D eigenvalue weighted by Crippen LogP contribution is -2.16. The van der Waals surface area contributed by atoms with Gasteiger partial charge in [-0.2, -0.15) is 5.10 Å². The number of nitrogens with zero attached hydrogens (tertiary/aromatic N) is 3. The molecule has 0 aliphatic carbocycles. The van der Waals surface area contributed by atoms with Crippen molar-refractivity contribution in [1.82, 2.24) is 14.6 Å². The van der Waals surface area contributed by atoms with Gasteiger partial charge in [0.2, 0.25) is 0 Å². The summed E-state index contributed by atoms with van der Waals surface area (Å²) in [6, 6.07) is 5.44. The van der Waals surface area contributed by atoms with E-state index in [1.54, 1.807) is 4.52 Å². The zero-order valence-corrected chi connectivity index (χ0v) is 7.67. The quantitative estimate of drug-likeness (QED) is 0.723. The van der Waals surface area contributed by atoms with Crippen molar-refractivity contribution in [3.05, 3.63) is 30.2 Å². The molecule has 0 spiro atoms. The van der Waals surface area contributed by atoms with Gasteiger partial charge in [0.15, 0.2) is 5.65 Å². The molecule has 0 aliphatic heterocycles. The van der Waals surface area contributed by atoms with E-state index in [9.17, 15) is 0 Å². The molecule has 2 aromatic heterocycles. The molecule has 1 atom stereocenters. The molecule has 3 N–H and O–H groups in total. The summed E-state index contributed by atoms with van der Waals surface area (Å²) in [6.07, 6.45) is 2.02. The molecule has 2 heterocycles. The smallest absolute Gasteiger partial charge is 0.155 e. The highest BCUT2D eigenvalue weighted by Gasteiger charge is 2.09. The second-order valence-electron chi connectivity index (χ2n) is 3.10. The van der Waals surface area contributed by atoms with Gasteiger partial charge < -0.3 is 10.8 Å². The van der Waals surface area contributed by atoms with Crippen molar-refractivity contribution >= 4 is 5.65 Å². The highest BCUT2D eigenvalue weighted by molar-refractivity contribution is 5.38. The van der Waals surface area contributed by atoms with Crippen molar-refractivity contribution in [3.63, 3.8) is 0 Å². The Hall–Kier alpha value is -1.46. The molecule has 5 heteroatoms. The highest BCUT2D eigenvalue weighted by Crippen LogP contribution is 2.13. The molecule has 0 saturated carbocycles. The van der Waals surface area contributed by atoms with Crippen molar-refractivity contribution in [1.29, 1.82) is 0 Å². The van der Waals surface area contributed by atoms with Gasteiger partial charge >= 0.3 is 0 Å². The number of rotatable bonds is 3. The number of fused-ring (bicyclic) bond motifs is 1. The summed E-state index contributed by atoms with van der Waals surface area (Å²) in [6.45, 7) is 0.0756. The molecule has 2 rings (SSSR count). The van der Waals surface area contributed by atoms with Gasteiger partial charge in [-0.1, -0.05) is 6.07 Å². The van der Waals surface area contributed by atoms with Crippen molar-refractivity contribution in [3.8, 4) is 0 Å². The van der Waals surface area contributed by atoms with Crippen molar-refractivity contribution < 1.29 is 5.11 Å². The second kappa shape index (κ2) is 3.73. The van der Waals surface area contributed by atoms with E-state index in [2.05, 4.69) is 10.1 Å². The van der Waals surface area contributed by atoms with Crippen LogP contribution in [0.25, 0.3) is 5.65 Å². The fourth-order valence-electron chi connectivity index (χ4n) is 1.43. The predicted molar refractivity (Wildman–Crippen MR) is 51.6 cm³/mol. The van der Waals surface area contributed by atoms with E-state index in [1.165, 1.54) is 6.33 Å². The van der Waals surface area contributed by atoms with E-state index >= 15 is 0 Å². The molecule has 0 saturated heterocycles. The number of nitrogens with two attached hydrogens (primary N) is 1. The van der Waals surface area contributed by atoms with Gasteiger partial charge in [-0.3, -0.25) is 0 Å². The van der Waals surface area contributed by atoms with Crippen LogP contribution in [0.4, 0.5) is 0 Å². The molecule has 14 heavy (non-hydrogen) atoms. The van der Waals surface area contributed by atoms with Crippen LogP contribution < -0.4 is 5.73 Å². The van der Waals surface area contributed by atoms with Gasteiger partial charge in [0.25, 0.3) is 0 Å². The fraction of sp³-hybridized carbons (Fsp3) is 0.333. The highest BCUT2D eigenvalue weighted by atomic mass is 16.3. The molecular formula is C9H12N4O. The third-order valence-corrected chi connectivity index (χ3v) is 2.15. The Morgan fingerprint density at radius 3 is 3.14 bits per heavy atom. The lowest BCUT2D eigenvalue weighted by atomic mass is 10.1. The van der Waals surface area contributed by atoms with Crippen LogP contribution in [0.5, 0.6) is 0 Å². The van der Waals surface area contributed by atoms with Crippen molar-refractivity contribution in [2.24, 2.45) is 5.73 Å². The summed E-state index contributed by atoms with van der Waals surface area (Å²) < 4.78 is 1.69. The lowest BCUT2D eigenvalue weighted by Gasteiger charge is -2.10. The zero-order valence-electron chi connectivity index (χ0n) is 7.67. The number of aromatic nitrogens is 3. The predicted octanol–water partition coefficient (Wildman–Crippen LogP) is 0.111. The van der Waals surface area contributed by atoms with Crippen LogP contribution in [0, 0.1) is 0 Å². The molecule has 5 nitrogen and oxygen atoms in total. The zero-order chi connectivity index (χ0) is 9.97. The molecule has 0 fully saturated rings. The first kappa shape index (κ1) is 9.11. The number of aliphatic hydroxyl groups is 1. The van der Waals surface area contributed by atoms with E-state index in [-0.39, 0.29) is 12.6 Å². The third kappa shape index (κ3) is 1.47. The maximum Gasteiger partial charge on any atom is 0.155 e. The van der Waals surface area contributed by atoms with Crippen LogP contribution in [-0.4, -0.2) is 26.3 Å². The summed E-state index contributed by atoms with van der Waals surface area (Å²) in [4.78, 5) is 4.06. The minimum Gasteiger partial charge on any atom is -0.396 e. The molecule has 0 bridgehead atoms. The number of hydrogen-bond acceptors (Lipinski definition) is 4. The normalized spacial score (nSPS) is 13.3. The van der Waals surface area contributed by atoms with E-state index < -0.39 is 0 Å². The first-order chi connectivity index (χ1) is 6.83. The van der Waals surface area contributed by atoms with Gasteiger partial charge in [-0.25, -0.2) is 9.50 Å². The number of aliphatic hydroxyl groups excluding tert-OH is 1. The molecule has 0 amide bonds. The molecule has 1 unspecified atom stereocenters. The fourth-order valence-corrected chi connectivity index (χ4v) is 1.43. The van der Waals surface area contributed by atoms with E-state index in [0.29, 0.717) is 6.42 Å². The number of pyridine rings is 1. The van der Waals surface area contributed by atoms with E-state index in [4.69, 9.17) is 10.8 Å². The maximum absolute atomic E-state index is 8.80. The standard InChI is InChI=1S/C9H12N4O/c10-7(4-5-14)8-2-1-3-9-11-6-12-13(8)9/h1-3,6-7,14H,4-5,10H2. The topological polar surface area (TPSA) is 76.4 Å². The second-order valence-corrected chi connectivity index (χ2v) is 3.10. The Morgan fingerprint density at radius 2 is 2.36 bits per heavy atom. The average molecular weight is 192 g/mol. The van der Waals surface area contributed by atoms with Gasteiger partial charge in [0.05, 0.1) is 5.69 Å². The summed E-state index contributed by atoms with van der Waals surface area (Å²) in [5.74, 6) is 0. The van der Waals surface area contributed by atoms with Gasteiger partial charge in [-0.15, -0.1) is 0 Å². The Labute approximate surface area is 81.2 Å². The van der Waals surface area contributed by atoms with Crippen molar-refractivity contribution in [2.75, 3.05) is 6.61 Å². The van der Waals surface area contributed by atoms with Crippen LogP contribution in [0.15, 0.2) is 24.5 Å². The Bertz CT molecular complexity index is 425. The molecular weight excluding hydrogens is 180 g/mol. The van der Waals surface area contributed by atoms with Crippen LogP contribution in [0.2, 0.25) is 0 Å². The summed E-state index contributed by atoms with van der Waals surface area (Å²) >= 11 is 0. The Morgan fingerprint density at radius 1 is 1.50 bits per heavy atom. The van der Waals surface area contributed by atoms with Crippen LogP contribution in [0.1, 0.15) is 18.2 Å². The minimum absolute atomic E-state index is 0.0756. The SMILES string of the molecule is NC(CCO)c1cccc2ncnn12. The monoisotopic (exact) mass is 192 g/mol. The van der Waals surface area contributed by atoms with E-state index in [0.717, 1.165) is 11.3 Å². The Balaban J connectivity index is 2.45. The van der Waals surface area contributed by atoms with Crippen LogP contribution in [-0.2, 0) is 0 Å². The van der Waals surface area contributed by atoms with Crippen LogP contribution in [0.3, 0.4) is 0 Å². The summed E-state index contributed by atoms with van der Waals surface area (Å²) in [7, 11) is 0. The average Bonchev–Trinajstić information content (AvgIpc) is 2.65. The lowest BCUT2D eigenvalue weighted by molar-refractivity contribution is 0.275. The molecule has 74 valence electrons. The van der Waals surface area contributed by atoms with Gasteiger partial charge in [0, 0.05) is 12.6 Å². The van der Waals surface area contributed by atoms with Gasteiger partial charge in [-0.05, 0) is 18.6 Å². The van der Waals surface area contributed by atoms with Gasteiger partial charge in [0.1, 0.15) is 6.33 Å². The van der Waals surface area contributed by atoms with E-state index in [1.807, 2.05) is 18.2 Å². The molecule has 0 aromatic carbocycles. The third-order valence-electron chi connectivity index (χ3n) is 2.15. The maximum atomic E-state index is 8.80. The van der Waals surface area contributed by atoms with Crippen molar-refractivity contribution in [2.45, 2.75) is 12.5 Å². The Kier molecular flexibility index (Phi) is 2.43. The first-order valence-electron chi connectivity index (χ1n) is 4.48. The molecule has 0 radical (unpaired) electrons. The summed E-state index contributed by atoms with van der Waals surface area (Å²) in [5.41, 5.74) is 7.53. The van der Waals surface area contributed by atoms with Crippen LogP contribution >= 0.6 is 0 Å². The molecule has 2 aromatic rings. The first-order valence-corrected chi connectivity index (χ1v) is 4.48. The summed E-state index contributed by atoms with van der Waals surface area (Å²) in [5, 5.41) is 12.9.